The maximum atomic E-state index is 12.4. The standard InChI is InChI=1S/C19H29N3O3/c1-13-5-3-8-17(20)15-7-4-6-14(11-15)12-16(22-18(13)23)9-10-21-19(24)25-2/h4,6-7,11,13,16-17H,3,5,8-10,12,20H2,1-2H3,(H,21,24)(H,22,23)/t13-,16+,17+/m1/s1. The van der Waals surface area contributed by atoms with Crippen molar-refractivity contribution in [3.8, 4) is 0 Å². The van der Waals surface area contributed by atoms with Crippen molar-refractivity contribution in [1.82, 2.24) is 10.6 Å². The van der Waals surface area contributed by atoms with Crippen molar-refractivity contribution < 1.29 is 14.3 Å². The second-order valence-electron chi connectivity index (χ2n) is 6.80. The molecule has 25 heavy (non-hydrogen) atoms. The molecule has 0 aliphatic carbocycles. The average Bonchev–Trinajstić information content (AvgIpc) is 2.60. The molecule has 1 aromatic carbocycles. The zero-order valence-electron chi connectivity index (χ0n) is 15.1. The number of alkyl carbamates (subject to hydrolysis) is 1. The third kappa shape index (κ3) is 6.05. The Kier molecular flexibility index (Phi) is 7.25. The highest BCUT2D eigenvalue weighted by atomic mass is 16.5. The molecular formula is C19H29N3O3. The molecule has 1 aromatic rings. The van der Waals surface area contributed by atoms with Gasteiger partial charge >= 0.3 is 6.09 Å². The minimum Gasteiger partial charge on any atom is -0.453 e. The van der Waals surface area contributed by atoms with Crippen LogP contribution in [0.1, 0.15) is 49.8 Å². The molecule has 1 aliphatic rings. The lowest BCUT2D eigenvalue weighted by atomic mass is 9.93. The first kappa shape index (κ1) is 19.2. The van der Waals surface area contributed by atoms with Crippen molar-refractivity contribution in [2.75, 3.05) is 13.7 Å². The summed E-state index contributed by atoms with van der Waals surface area (Å²) in [6, 6.07) is 8.23. The number of carbonyl (C=O) groups excluding carboxylic acids is 2. The van der Waals surface area contributed by atoms with E-state index in [9.17, 15) is 9.59 Å². The van der Waals surface area contributed by atoms with Crippen molar-refractivity contribution in [3.63, 3.8) is 0 Å². The SMILES string of the molecule is COC(=O)NCC[C@H]1Cc2cccc(c2)[C@@H](N)CCC[C@@H](C)C(=O)N1. The third-order valence-electron chi connectivity index (χ3n) is 4.76. The first-order valence-corrected chi connectivity index (χ1v) is 8.96. The number of nitrogens with one attached hydrogen (secondary N) is 2. The Morgan fingerprint density at radius 2 is 2.20 bits per heavy atom. The van der Waals surface area contributed by atoms with Gasteiger partial charge in [-0.3, -0.25) is 4.79 Å². The molecule has 0 saturated heterocycles. The zero-order valence-corrected chi connectivity index (χ0v) is 15.1. The molecule has 3 atom stereocenters. The van der Waals surface area contributed by atoms with Crippen LogP contribution in [0.2, 0.25) is 0 Å². The van der Waals surface area contributed by atoms with E-state index in [2.05, 4.69) is 33.6 Å². The lowest BCUT2D eigenvalue weighted by molar-refractivity contribution is -0.125. The van der Waals surface area contributed by atoms with E-state index in [0.717, 1.165) is 30.4 Å². The van der Waals surface area contributed by atoms with Crippen LogP contribution in [-0.4, -0.2) is 31.7 Å². The van der Waals surface area contributed by atoms with Crippen molar-refractivity contribution in [1.29, 1.82) is 0 Å². The molecule has 1 aliphatic heterocycles. The number of hydrogen-bond donors (Lipinski definition) is 3. The van der Waals surface area contributed by atoms with Gasteiger partial charge in [0.15, 0.2) is 0 Å². The Balaban J connectivity index is 2.12. The van der Waals surface area contributed by atoms with E-state index in [1.54, 1.807) is 0 Å². The summed E-state index contributed by atoms with van der Waals surface area (Å²) in [5.41, 5.74) is 8.59. The summed E-state index contributed by atoms with van der Waals surface area (Å²) >= 11 is 0. The van der Waals surface area contributed by atoms with E-state index in [4.69, 9.17) is 5.73 Å². The summed E-state index contributed by atoms with van der Waals surface area (Å²) in [6.45, 7) is 2.40. The fourth-order valence-electron chi connectivity index (χ4n) is 3.17. The number of rotatable bonds is 3. The Morgan fingerprint density at radius 1 is 1.40 bits per heavy atom. The second kappa shape index (κ2) is 9.42. The highest BCUT2D eigenvalue weighted by Crippen LogP contribution is 2.22. The zero-order chi connectivity index (χ0) is 18.2. The molecule has 0 fully saturated rings. The summed E-state index contributed by atoms with van der Waals surface area (Å²) in [4.78, 5) is 23.7. The van der Waals surface area contributed by atoms with Crippen LogP contribution in [0.25, 0.3) is 0 Å². The van der Waals surface area contributed by atoms with Gasteiger partial charge in [-0.15, -0.1) is 0 Å². The summed E-state index contributed by atoms with van der Waals surface area (Å²) in [5.74, 6) is 0.0226. The van der Waals surface area contributed by atoms with Crippen LogP contribution in [0, 0.1) is 5.92 Å². The molecule has 1 heterocycles. The maximum Gasteiger partial charge on any atom is 0.406 e. The van der Waals surface area contributed by atoms with Gasteiger partial charge in [-0.25, -0.2) is 4.79 Å². The van der Waals surface area contributed by atoms with Crippen LogP contribution in [0.5, 0.6) is 0 Å². The van der Waals surface area contributed by atoms with E-state index in [-0.39, 0.29) is 23.9 Å². The molecule has 2 amide bonds. The van der Waals surface area contributed by atoms with Gasteiger partial charge in [0.1, 0.15) is 0 Å². The molecule has 0 aromatic heterocycles. The normalized spacial score (nSPS) is 24.4. The summed E-state index contributed by atoms with van der Waals surface area (Å²) in [6.07, 6.45) is 3.53. The van der Waals surface area contributed by atoms with E-state index < -0.39 is 6.09 Å². The van der Waals surface area contributed by atoms with Gasteiger partial charge < -0.3 is 21.1 Å². The number of amides is 2. The van der Waals surface area contributed by atoms with Gasteiger partial charge in [0, 0.05) is 24.5 Å². The molecule has 6 heteroatoms. The summed E-state index contributed by atoms with van der Waals surface area (Å²) in [5, 5.41) is 5.81. The third-order valence-corrected chi connectivity index (χ3v) is 4.76. The smallest absolute Gasteiger partial charge is 0.406 e. The molecular weight excluding hydrogens is 318 g/mol. The molecule has 2 bridgehead atoms. The van der Waals surface area contributed by atoms with Gasteiger partial charge in [0.05, 0.1) is 7.11 Å². The molecule has 138 valence electrons. The van der Waals surface area contributed by atoms with Crippen LogP contribution < -0.4 is 16.4 Å². The molecule has 0 unspecified atom stereocenters. The predicted octanol–water partition coefficient (Wildman–Crippen LogP) is 2.28. The van der Waals surface area contributed by atoms with E-state index in [0.29, 0.717) is 19.4 Å². The fourth-order valence-corrected chi connectivity index (χ4v) is 3.17. The largest absolute Gasteiger partial charge is 0.453 e. The monoisotopic (exact) mass is 347 g/mol. The van der Waals surface area contributed by atoms with Crippen LogP contribution in [0.3, 0.4) is 0 Å². The van der Waals surface area contributed by atoms with Gasteiger partial charge in [0.2, 0.25) is 5.91 Å². The number of carbonyl (C=O) groups is 2. The molecule has 0 spiro atoms. The Morgan fingerprint density at radius 3 is 2.96 bits per heavy atom. The number of hydrogen-bond acceptors (Lipinski definition) is 4. The Bertz CT molecular complexity index is 591. The predicted molar refractivity (Wildman–Crippen MR) is 97.0 cm³/mol. The fraction of sp³-hybridized carbons (Fsp3) is 0.579. The van der Waals surface area contributed by atoms with Gasteiger partial charge in [-0.2, -0.15) is 0 Å². The number of ether oxygens (including phenoxy) is 1. The molecule has 6 nitrogen and oxygen atoms in total. The maximum absolute atomic E-state index is 12.4. The average molecular weight is 347 g/mol. The van der Waals surface area contributed by atoms with E-state index in [1.165, 1.54) is 7.11 Å². The quantitative estimate of drug-likeness (QED) is 0.782. The lowest BCUT2D eigenvalue weighted by Crippen LogP contribution is -2.41. The van der Waals surface area contributed by atoms with Gasteiger partial charge in [-0.1, -0.05) is 37.6 Å². The first-order valence-electron chi connectivity index (χ1n) is 8.96. The summed E-state index contributed by atoms with van der Waals surface area (Å²) in [7, 11) is 1.34. The molecule has 2 rings (SSSR count). The Hall–Kier alpha value is -2.08. The van der Waals surface area contributed by atoms with Crippen LogP contribution >= 0.6 is 0 Å². The van der Waals surface area contributed by atoms with Gasteiger partial charge in [0.25, 0.3) is 0 Å². The Labute approximate surface area is 149 Å². The highest BCUT2D eigenvalue weighted by Gasteiger charge is 2.20. The molecule has 0 saturated carbocycles. The van der Waals surface area contributed by atoms with E-state index in [1.807, 2.05) is 13.0 Å². The highest BCUT2D eigenvalue weighted by molar-refractivity contribution is 5.78. The van der Waals surface area contributed by atoms with Crippen LogP contribution in [0.15, 0.2) is 24.3 Å². The van der Waals surface area contributed by atoms with Crippen molar-refractivity contribution in [2.24, 2.45) is 11.7 Å². The number of nitrogens with two attached hydrogens (primary N) is 1. The van der Waals surface area contributed by atoms with E-state index >= 15 is 0 Å². The van der Waals surface area contributed by atoms with Gasteiger partial charge in [-0.05, 0) is 36.8 Å². The van der Waals surface area contributed by atoms with Crippen molar-refractivity contribution in [2.45, 2.75) is 51.1 Å². The lowest BCUT2D eigenvalue weighted by Gasteiger charge is -2.23. The molecule has 4 N–H and O–H groups in total. The molecule has 0 radical (unpaired) electrons. The van der Waals surface area contributed by atoms with Crippen molar-refractivity contribution >= 4 is 12.0 Å². The number of benzene rings is 1. The minimum absolute atomic E-state index is 0.00841. The second-order valence-corrected chi connectivity index (χ2v) is 6.80. The first-order chi connectivity index (χ1) is 12.0. The number of methoxy groups -OCH3 is 1. The minimum atomic E-state index is -0.458. The van der Waals surface area contributed by atoms with Crippen LogP contribution in [0.4, 0.5) is 4.79 Å². The topological polar surface area (TPSA) is 93.4 Å². The van der Waals surface area contributed by atoms with Crippen LogP contribution in [-0.2, 0) is 16.0 Å². The number of fused-ring (bicyclic) bond motifs is 2. The van der Waals surface area contributed by atoms with Crippen molar-refractivity contribution in [3.05, 3.63) is 35.4 Å². The summed E-state index contributed by atoms with van der Waals surface area (Å²) < 4.78 is 4.59.